The molecule has 2 heterocycles. The number of nitrogens with one attached hydrogen (secondary N) is 3. The Hall–Kier alpha value is -2.40. The number of H-pyrrole nitrogens is 1. The fourth-order valence-corrected chi connectivity index (χ4v) is 2.47. The summed E-state index contributed by atoms with van der Waals surface area (Å²) in [4.78, 5) is 25.8. The van der Waals surface area contributed by atoms with Gasteiger partial charge in [0.05, 0.1) is 6.20 Å². The number of likely N-dealkylation sites (N-methyl/N-ethyl adjacent to an activating group) is 1. The van der Waals surface area contributed by atoms with Crippen LogP contribution < -0.4 is 10.6 Å². The van der Waals surface area contributed by atoms with Crippen LogP contribution in [-0.2, 0) is 9.59 Å². The van der Waals surface area contributed by atoms with E-state index in [9.17, 15) is 9.59 Å². The summed E-state index contributed by atoms with van der Waals surface area (Å²) in [6.45, 7) is 4.50. The van der Waals surface area contributed by atoms with Crippen LogP contribution in [0.2, 0.25) is 0 Å². The first-order valence-corrected chi connectivity index (χ1v) is 6.92. The molecule has 1 unspecified atom stereocenters. The first kappa shape index (κ1) is 15.0. The Kier molecular flexibility index (Phi) is 4.90. The summed E-state index contributed by atoms with van der Waals surface area (Å²) in [5.74, 6) is -1.39. The van der Waals surface area contributed by atoms with E-state index in [4.69, 9.17) is 5.26 Å². The first-order chi connectivity index (χ1) is 10.2. The van der Waals surface area contributed by atoms with Crippen molar-refractivity contribution in [3.63, 3.8) is 0 Å². The fraction of sp³-hybridized carbons (Fsp3) is 0.538. The molecule has 1 aromatic heterocycles. The van der Waals surface area contributed by atoms with Gasteiger partial charge in [0, 0.05) is 12.6 Å². The monoisotopic (exact) mass is 290 g/mol. The van der Waals surface area contributed by atoms with E-state index in [0.29, 0.717) is 6.54 Å². The molecule has 0 aliphatic carbocycles. The number of likely N-dealkylation sites (tertiary alicyclic amines) is 1. The molecule has 1 atom stereocenters. The van der Waals surface area contributed by atoms with Gasteiger partial charge in [-0.25, -0.2) is 0 Å². The zero-order valence-electron chi connectivity index (χ0n) is 11.8. The van der Waals surface area contributed by atoms with Gasteiger partial charge in [0.25, 0.3) is 0 Å². The maximum Gasteiger partial charge on any atom is 0.314 e. The molecule has 3 N–H and O–H groups in total. The van der Waals surface area contributed by atoms with Crippen LogP contribution >= 0.6 is 0 Å². The average molecular weight is 290 g/mol. The van der Waals surface area contributed by atoms with Crippen LogP contribution in [0.15, 0.2) is 6.20 Å². The number of aromatic nitrogens is 2. The molecule has 2 rings (SSSR count). The van der Waals surface area contributed by atoms with Gasteiger partial charge in [-0.2, -0.15) is 10.4 Å². The second-order valence-corrected chi connectivity index (χ2v) is 4.86. The minimum Gasteiger partial charge on any atom is -0.346 e. The Morgan fingerprint density at radius 2 is 2.38 bits per heavy atom. The first-order valence-electron chi connectivity index (χ1n) is 6.92. The molecule has 1 fully saturated rings. The number of anilines is 1. The van der Waals surface area contributed by atoms with Crippen molar-refractivity contribution in [2.45, 2.75) is 25.8 Å². The molecule has 8 nitrogen and oxygen atoms in total. The standard InChI is InChI=1S/C13H18N6O2/c1-2-19-5-3-4-10(19)8-15-12(20)13(21)17-11-9(6-14)7-16-18-11/h7,10H,2-5,8H2,1H3,(H,15,20)(H2,16,17,18,21). The van der Waals surface area contributed by atoms with Crippen molar-refractivity contribution in [1.29, 1.82) is 5.26 Å². The maximum absolute atomic E-state index is 11.8. The summed E-state index contributed by atoms with van der Waals surface area (Å²) in [6, 6.07) is 2.15. The second kappa shape index (κ2) is 6.85. The van der Waals surface area contributed by atoms with Crippen LogP contribution in [0.25, 0.3) is 0 Å². The van der Waals surface area contributed by atoms with Crippen molar-refractivity contribution in [1.82, 2.24) is 20.4 Å². The number of nitriles is 1. The summed E-state index contributed by atoms with van der Waals surface area (Å²) >= 11 is 0. The topological polar surface area (TPSA) is 114 Å². The molecule has 0 saturated carbocycles. The van der Waals surface area contributed by atoms with Gasteiger partial charge in [0.1, 0.15) is 17.5 Å². The van der Waals surface area contributed by atoms with E-state index >= 15 is 0 Å². The largest absolute Gasteiger partial charge is 0.346 e. The Labute approximate surface area is 122 Å². The molecular weight excluding hydrogens is 272 g/mol. The van der Waals surface area contributed by atoms with Crippen LogP contribution in [-0.4, -0.2) is 52.6 Å². The lowest BCUT2D eigenvalue weighted by molar-refractivity contribution is -0.136. The molecule has 0 aromatic carbocycles. The molecule has 1 aliphatic rings. The molecule has 1 saturated heterocycles. The quantitative estimate of drug-likeness (QED) is 0.666. The van der Waals surface area contributed by atoms with Crippen molar-refractivity contribution in [2.24, 2.45) is 0 Å². The third-order valence-corrected chi connectivity index (χ3v) is 3.61. The van der Waals surface area contributed by atoms with Crippen LogP contribution in [0.1, 0.15) is 25.3 Å². The van der Waals surface area contributed by atoms with Crippen molar-refractivity contribution in [3.8, 4) is 6.07 Å². The number of rotatable bonds is 4. The van der Waals surface area contributed by atoms with Crippen molar-refractivity contribution in [3.05, 3.63) is 11.8 Å². The number of carbonyl (C=O) groups is 2. The van der Waals surface area contributed by atoms with E-state index in [0.717, 1.165) is 25.9 Å². The number of carbonyl (C=O) groups excluding carboxylic acids is 2. The molecule has 2 amide bonds. The van der Waals surface area contributed by atoms with Crippen molar-refractivity contribution >= 4 is 17.6 Å². The van der Waals surface area contributed by atoms with E-state index < -0.39 is 11.8 Å². The Balaban J connectivity index is 1.83. The lowest BCUT2D eigenvalue weighted by Crippen LogP contribution is -2.43. The highest BCUT2D eigenvalue weighted by Gasteiger charge is 2.24. The maximum atomic E-state index is 11.8. The summed E-state index contributed by atoms with van der Waals surface area (Å²) in [6.07, 6.45) is 3.42. The fourth-order valence-electron chi connectivity index (χ4n) is 2.47. The second-order valence-electron chi connectivity index (χ2n) is 4.86. The minimum absolute atomic E-state index is 0.133. The van der Waals surface area contributed by atoms with E-state index in [2.05, 4.69) is 32.7 Å². The van der Waals surface area contributed by atoms with Crippen molar-refractivity contribution < 1.29 is 9.59 Å². The zero-order valence-corrected chi connectivity index (χ0v) is 11.8. The van der Waals surface area contributed by atoms with Gasteiger partial charge in [0.2, 0.25) is 0 Å². The van der Waals surface area contributed by atoms with E-state index in [-0.39, 0.29) is 17.4 Å². The molecule has 21 heavy (non-hydrogen) atoms. The van der Waals surface area contributed by atoms with Gasteiger partial charge in [-0.05, 0) is 25.9 Å². The summed E-state index contributed by atoms with van der Waals surface area (Å²) in [7, 11) is 0. The zero-order chi connectivity index (χ0) is 15.2. The Morgan fingerprint density at radius 3 is 3.10 bits per heavy atom. The molecule has 8 heteroatoms. The van der Waals surface area contributed by atoms with Gasteiger partial charge in [-0.15, -0.1) is 0 Å². The SMILES string of the molecule is CCN1CCCC1CNC(=O)C(=O)Nc1[nH]ncc1C#N. The Bertz CT molecular complexity index is 561. The van der Waals surface area contributed by atoms with E-state index in [1.54, 1.807) is 0 Å². The summed E-state index contributed by atoms with van der Waals surface area (Å²) in [5, 5.41) is 19.9. The normalized spacial score (nSPS) is 18.2. The lowest BCUT2D eigenvalue weighted by Gasteiger charge is -2.22. The molecular formula is C13H18N6O2. The van der Waals surface area contributed by atoms with Crippen LogP contribution in [0.3, 0.4) is 0 Å². The third-order valence-electron chi connectivity index (χ3n) is 3.61. The molecule has 0 radical (unpaired) electrons. The van der Waals surface area contributed by atoms with Gasteiger partial charge < -0.3 is 10.6 Å². The number of hydrogen-bond acceptors (Lipinski definition) is 5. The smallest absolute Gasteiger partial charge is 0.314 e. The number of aromatic amines is 1. The van der Waals surface area contributed by atoms with Gasteiger partial charge in [-0.3, -0.25) is 19.6 Å². The summed E-state index contributed by atoms with van der Waals surface area (Å²) < 4.78 is 0. The number of nitrogens with zero attached hydrogens (tertiary/aromatic N) is 3. The van der Waals surface area contributed by atoms with E-state index in [1.165, 1.54) is 6.20 Å². The number of hydrogen-bond donors (Lipinski definition) is 3. The molecule has 112 valence electrons. The number of amides is 2. The highest BCUT2D eigenvalue weighted by atomic mass is 16.2. The van der Waals surface area contributed by atoms with Gasteiger partial charge >= 0.3 is 11.8 Å². The van der Waals surface area contributed by atoms with Crippen molar-refractivity contribution in [2.75, 3.05) is 25.0 Å². The highest BCUT2D eigenvalue weighted by Crippen LogP contribution is 2.15. The molecule has 0 bridgehead atoms. The molecule has 0 spiro atoms. The lowest BCUT2D eigenvalue weighted by atomic mass is 10.2. The van der Waals surface area contributed by atoms with Crippen LogP contribution in [0.5, 0.6) is 0 Å². The van der Waals surface area contributed by atoms with Gasteiger partial charge in [-0.1, -0.05) is 6.92 Å². The minimum atomic E-state index is -0.809. The highest BCUT2D eigenvalue weighted by molar-refractivity contribution is 6.39. The average Bonchev–Trinajstić information content (AvgIpc) is 3.12. The molecule has 1 aliphatic heterocycles. The van der Waals surface area contributed by atoms with Crippen LogP contribution in [0.4, 0.5) is 5.82 Å². The predicted molar refractivity (Wildman–Crippen MR) is 75.2 cm³/mol. The van der Waals surface area contributed by atoms with Crippen LogP contribution in [0, 0.1) is 11.3 Å². The third kappa shape index (κ3) is 3.58. The van der Waals surface area contributed by atoms with E-state index in [1.807, 2.05) is 6.07 Å². The summed E-state index contributed by atoms with van der Waals surface area (Å²) in [5.41, 5.74) is 0.184. The predicted octanol–water partition coefficient (Wildman–Crippen LogP) is -0.180. The Morgan fingerprint density at radius 1 is 1.57 bits per heavy atom. The molecule has 1 aromatic rings. The van der Waals surface area contributed by atoms with Gasteiger partial charge in [0.15, 0.2) is 0 Å².